The second-order valence-electron chi connectivity index (χ2n) is 9.35. The van der Waals surface area contributed by atoms with Gasteiger partial charge in [0.2, 0.25) is 5.91 Å². The van der Waals surface area contributed by atoms with E-state index in [2.05, 4.69) is 5.32 Å². The van der Waals surface area contributed by atoms with E-state index in [-0.39, 0.29) is 18.9 Å². The average molecular weight is 548 g/mol. The van der Waals surface area contributed by atoms with Crippen LogP contribution in [0.4, 0.5) is 13.2 Å². The van der Waals surface area contributed by atoms with Gasteiger partial charge in [0.25, 0.3) is 0 Å². The normalized spacial score (nSPS) is 11.6. The molecule has 0 saturated heterocycles. The average Bonchev–Trinajstić information content (AvgIpc) is 3.28. The lowest BCUT2D eigenvalue weighted by atomic mass is 10.0. The van der Waals surface area contributed by atoms with E-state index in [0.29, 0.717) is 17.0 Å². The predicted octanol–water partition coefficient (Wildman–Crippen LogP) is 7.90. The Morgan fingerprint density at radius 1 is 0.949 bits per heavy atom. The van der Waals surface area contributed by atoms with Gasteiger partial charge in [0.15, 0.2) is 0 Å². The van der Waals surface area contributed by atoms with Crippen molar-refractivity contribution in [2.45, 2.75) is 32.5 Å². The van der Waals surface area contributed by atoms with Gasteiger partial charge in [-0.15, -0.1) is 0 Å². The summed E-state index contributed by atoms with van der Waals surface area (Å²) in [6, 6.07) is 24.4. The standard InChI is InChI=1S/C31H25ClF3N3O/c1-20-16-25(32)11-12-26(20)23-10-14-28-37-30(22-7-3-2-4-8-22)27(38(28)19-23)13-15-29(39)36-18-21-6-5-9-24(17-21)31(33,34)35/h2-12,14,16-17,19H,13,15,18H2,1H3,(H,36,39). The minimum atomic E-state index is -4.43. The first-order valence-electron chi connectivity index (χ1n) is 12.4. The Morgan fingerprint density at radius 3 is 2.49 bits per heavy atom. The Labute approximate surface area is 229 Å². The highest BCUT2D eigenvalue weighted by molar-refractivity contribution is 6.30. The lowest BCUT2D eigenvalue weighted by Gasteiger charge is -2.11. The molecule has 5 rings (SSSR count). The number of carbonyl (C=O) groups excluding carboxylic acids is 1. The van der Waals surface area contributed by atoms with Gasteiger partial charge in [0.05, 0.1) is 17.0 Å². The molecule has 2 aromatic heterocycles. The van der Waals surface area contributed by atoms with Gasteiger partial charge >= 0.3 is 6.18 Å². The Hall–Kier alpha value is -4.10. The molecule has 0 saturated carbocycles. The van der Waals surface area contributed by atoms with Gasteiger partial charge in [-0.25, -0.2) is 4.98 Å². The van der Waals surface area contributed by atoms with Gasteiger partial charge in [-0.05, 0) is 72.0 Å². The van der Waals surface area contributed by atoms with Crippen LogP contribution >= 0.6 is 11.6 Å². The van der Waals surface area contributed by atoms with Gasteiger partial charge in [0.1, 0.15) is 5.65 Å². The fourth-order valence-corrected chi connectivity index (χ4v) is 4.87. The molecule has 1 amide bonds. The van der Waals surface area contributed by atoms with E-state index in [4.69, 9.17) is 16.6 Å². The molecule has 0 fully saturated rings. The summed E-state index contributed by atoms with van der Waals surface area (Å²) < 4.78 is 41.1. The molecular formula is C31H25ClF3N3O. The summed E-state index contributed by atoms with van der Waals surface area (Å²) >= 11 is 6.16. The third-order valence-electron chi connectivity index (χ3n) is 6.60. The third-order valence-corrected chi connectivity index (χ3v) is 6.83. The van der Waals surface area contributed by atoms with Crippen LogP contribution in [0.5, 0.6) is 0 Å². The van der Waals surface area contributed by atoms with Crippen LogP contribution in [-0.4, -0.2) is 15.3 Å². The highest BCUT2D eigenvalue weighted by Crippen LogP contribution is 2.31. The molecule has 0 atom stereocenters. The number of aryl methyl sites for hydroxylation is 2. The molecule has 0 bridgehead atoms. The number of nitrogens with one attached hydrogen (secondary N) is 1. The second-order valence-corrected chi connectivity index (χ2v) is 9.79. The molecule has 198 valence electrons. The Morgan fingerprint density at radius 2 is 1.74 bits per heavy atom. The molecule has 3 aromatic carbocycles. The molecule has 0 radical (unpaired) electrons. The number of pyridine rings is 1. The largest absolute Gasteiger partial charge is 0.416 e. The fraction of sp³-hybridized carbons (Fsp3) is 0.161. The topological polar surface area (TPSA) is 46.4 Å². The smallest absolute Gasteiger partial charge is 0.352 e. The number of halogens is 4. The molecular weight excluding hydrogens is 523 g/mol. The number of amides is 1. The van der Waals surface area contributed by atoms with Crippen molar-refractivity contribution in [1.29, 1.82) is 0 Å². The van der Waals surface area contributed by atoms with E-state index in [0.717, 1.165) is 51.4 Å². The van der Waals surface area contributed by atoms with E-state index in [9.17, 15) is 18.0 Å². The highest BCUT2D eigenvalue weighted by Gasteiger charge is 2.30. The van der Waals surface area contributed by atoms with E-state index in [1.54, 1.807) is 6.07 Å². The molecule has 2 heterocycles. The number of nitrogens with zero attached hydrogens (tertiary/aromatic N) is 2. The third kappa shape index (κ3) is 5.99. The maximum Gasteiger partial charge on any atom is 0.416 e. The van der Waals surface area contributed by atoms with Crippen LogP contribution in [0.15, 0.2) is 91.1 Å². The molecule has 0 aliphatic rings. The minimum absolute atomic E-state index is 0.0153. The quantitative estimate of drug-likeness (QED) is 0.225. The summed E-state index contributed by atoms with van der Waals surface area (Å²) in [5.74, 6) is -0.258. The number of hydrogen-bond acceptors (Lipinski definition) is 2. The zero-order chi connectivity index (χ0) is 27.6. The highest BCUT2D eigenvalue weighted by atomic mass is 35.5. The monoisotopic (exact) mass is 547 g/mol. The Kier molecular flexibility index (Phi) is 7.44. The van der Waals surface area contributed by atoms with Crippen molar-refractivity contribution in [3.05, 3.63) is 119 Å². The van der Waals surface area contributed by atoms with E-state index in [1.807, 2.05) is 78.2 Å². The van der Waals surface area contributed by atoms with Crippen LogP contribution in [0, 0.1) is 6.92 Å². The van der Waals surface area contributed by atoms with E-state index in [1.165, 1.54) is 6.07 Å². The fourth-order valence-electron chi connectivity index (χ4n) is 4.65. The number of fused-ring (bicyclic) bond motifs is 1. The summed E-state index contributed by atoms with van der Waals surface area (Å²) in [4.78, 5) is 17.6. The number of benzene rings is 3. The van der Waals surface area contributed by atoms with Crippen LogP contribution in [0.3, 0.4) is 0 Å². The van der Waals surface area contributed by atoms with E-state index >= 15 is 0 Å². The van der Waals surface area contributed by atoms with Crippen LogP contribution < -0.4 is 5.32 Å². The maximum atomic E-state index is 13.0. The van der Waals surface area contributed by atoms with Gasteiger partial charge in [0, 0.05) is 29.7 Å². The Bertz CT molecular complexity index is 1640. The van der Waals surface area contributed by atoms with Gasteiger partial charge in [-0.2, -0.15) is 13.2 Å². The van der Waals surface area contributed by atoms with Gasteiger partial charge in [-0.1, -0.05) is 60.1 Å². The summed E-state index contributed by atoms with van der Waals surface area (Å²) in [6.45, 7) is 2.02. The van der Waals surface area contributed by atoms with Crippen LogP contribution in [0.25, 0.3) is 28.0 Å². The zero-order valence-electron chi connectivity index (χ0n) is 21.1. The number of hydrogen-bond donors (Lipinski definition) is 1. The van der Waals surface area contributed by atoms with Crippen molar-refractivity contribution >= 4 is 23.2 Å². The van der Waals surface area contributed by atoms with Crippen molar-refractivity contribution in [1.82, 2.24) is 14.7 Å². The predicted molar refractivity (Wildman–Crippen MR) is 147 cm³/mol. The number of imidazole rings is 1. The molecule has 0 aliphatic heterocycles. The zero-order valence-corrected chi connectivity index (χ0v) is 21.9. The van der Waals surface area contributed by atoms with Crippen molar-refractivity contribution < 1.29 is 18.0 Å². The molecule has 0 unspecified atom stereocenters. The Balaban J connectivity index is 1.41. The SMILES string of the molecule is Cc1cc(Cl)ccc1-c1ccc2nc(-c3ccccc3)c(CCC(=O)NCc3cccc(C(F)(F)F)c3)n2c1. The number of carbonyl (C=O) groups is 1. The van der Waals surface area contributed by atoms with Crippen LogP contribution in [0.2, 0.25) is 5.02 Å². The molecule has 0 spiro atoms. The molecule has 4 nitrogen and oxygen atoms in total. The summed E-state index contributed by atoms with van der Waals surface area (Å²) in [6.07, 6.45) is -1.87. The summed E-state index contributed by atoms with van der Waals surface area (Å²) in [5, 5.41) is 3.42. The van der Waals surface area contributed by atoms with Crippen LogP contribution in [-0.2, 0) is 23.9 Å². The second kappa shape index (κ2) is 10.9. The first-order valence-corrected chi connectivity index (χ1v) is 12.8. The minimum Gasteiger partial charge on any atom is -0.352 e. The van der Waals surface area contributed by atoms with Gasteiger partial charge in [-0.3, -0.25) is 4.79 Å². The van der Waals surface area contributed by atoms with Gasteiger partial charge < -0.3 is 9.72 Å². The van der Waals surface area contributed by atoms with Crippen LogP contribution in [0.1, 0.15) is 28.8 Å². The molecule has 0 aliphatic carbocycles. The van der Waals surface area contributed by atoms with Crippen molar-refractivity contribution in [2.75, 3.05) is 0 Å². The van der Waals surface area contributed by atoms with Crippen molar-refractivity contribution in [3.8, 4) is 22.4 Å². The summed E-state index contributed by atoms with van der Waals surface area (Å²) in [7, 11) is 0. The molecule has 5 aromatic rings. The molecule has 1 N–H and O–H groups in total. The number of alkyl halides is 3. The molecule has 39 heavy (non-hydrogen) atoms. The number of rotatable bonds is 7. The number of aromatic nitrogens is 2. The maximum absolute atomic E-state index is 13.0. The van der Waals surface area contributed by atoms with Crippen molar-refractivity contribution in [2.24, 2.45) is 0 Å². The first-order chi connectivity index (χ1) is 18.7. The molecule has 8 heteroatoms. The van der Waals surface area contributed by atoms with Crippen molar-refractivity contribution in [3.63, 3.8) is 0 Å². The summed E-state index contributed by atoms with van der Waals surface area (Å²) in [5.41, 5.74) is 6.07. The lowest BCUT2D eigenvalue weighted by molar-refractivity contribution is -0.137. The first kappa shape index (κ1) is 26.5. The van der Waals surface area contributed by atoms with E-state index < -0.39 is 11.7 Å². The lowest BCUT2D eigenvalue weighted by Crippen LogP contribution is -2.23.